The fourth-order valence-corrected chi connectivity index (χ4v) is 3.39. The second kappa shape index (κ2) is 9.39. The molecule has 1 fully saturated rings. The van der Waals surface area contributed by atoms with Crippen LogP contribution in [-0.4, -0.2) is 35.4 Å². The highest BCUT2D eigenvalue weighted by molar-refractivity contribution is 5.85. The van der Waals surface area contributed by atoms with E-state index in [1.165, 1.54) is 12.1 Å². The number of benzene rings is 1. The van der Waals surface area contributed by atoms with Crippen LogP contribution in [0.5, 0.6) is 0 Å². The first-order valence-corrected chi connectivity index (χ1v) is 8.93. The van der Waals surface area contributed by atoms with Crippen LogP contribution < -0.4 is 5.32 Å². The van der Waals surface area contributed by atoms with Crippen LogP contribution in [-0.2, 0) is 17.4 Å². The number of hydrogen-bond acceptors (Lipinski definition) is 3. The molecule has 1 aromatic carbocycles. The van der Waals surface area contributed by atoms with Gasteiger partial charge in [-0.2, -0.15) is 13.2 Å². The Hall–Kier alpha value is -2.12. The highest BCUT2D eigenvalue weighted by Gasteiger charge is 2.32. The second-order valence-corrected chi connectivity index (χ2v) is 6.84. The summed E-state index contributed by atoms with van der Waals surface area (Å²) in [6, 6.07) is 8.73. The van der Waals surface area contributed by atoms with E-state index in [1.54, 1.807) is 12.4 Å². The first-order valence-electron chi connectivity index (χ1n) is 8.93. The lowest BCUT2D eigenvalue weighted by Crippen LogP contribution is -2.50. The van der Waals surface area contributed by atoms with Gasteiger partial charge in [-0.05, 0) is 35.7 Å². The van der Waals surface area contributed by atoms with Gasteiger partial charge in [-0.1, -0.05) is 25.1 Å². The van der Waals surface area contributed by atoms with E-state index in [0.717, 1.165) is 29.8 Å². The minimum Gasteiger partial charge on any atom is -0.333 e. The van der Waals surface area contributed by atoms with Crippen LogP contribution in [0.4, 0.5) is 13.2 Å². The molecule has 0 spiro atoms. The summed E-state index contributed by atoms with van der Waals surface area (Å²) in [7, 11) is 0. The molecule has 1 amide bonds. The Labute approximate surface area is 168 Å². The molecule has 4 nitrogen and oxygen atoms in total. The van der Waals surface area contributed by atoms with Crippen molar-refractivity contribution in [3.8, 4) is 0 Å². The Balaban J connectivity index is 0.00000280. The number of pyridine rings is 1. The van der Waals surface area contributed by atoms with Crippen LogP contribution in [0.1, 0.15) is 29.7 Å². The van der Waals surface area contributed by atoms with Crippen molar-refractivity contribution in [3.63, 3.8) is 0 Å². The first kappa shape index (κ1) is 22.2. The number of rotatable bonds is 4. The van der Waals surface area contributed by atoms with Gasteiger partial charge in [0.1, 0.15) is 0 Å². The van der Waals surface area contributed by atoms with Crippen molar-refractivity contribution < 1.29 is 18.0 Å². The van der Waals surface area contributed by atoms with Gasteiger partial charge in [-0.15, -0.1) is 12.4 Å². The predicted molar refractivity (Wildman–Crippen MR) is 103 cm³/mol. The fraction of sp³-hybridized carbons (Fsp3) is 0.400. The number of amides is 1. The number of nitrogens with zero attached hydrogens (tertiary/aromatic N) is 2. The summed E-state index contributed by atoms with van der Waals surface area (Å²) in [5, 5.41) is 3.30. The number of alkyl halides is 3. The first-order chi connectivity index (χ1) is 12.9. The molecule has 3 rings (SSSR count). The van der Waals surface area contributed by atoms with Crippen LogP contribution in [0.15, 0.2) is 48.8 Å². The number of aromatic nitrogens is 1. The summed E-state index contributed by atoms with van der Waals surface area (Å²) in [4.78, 5) is 19.0. The molecule has 0 radical (unpaired) electrons. The largest absolute Gasteiger partial charge is 0.416 e. The van der Waals surface area contributed by atoms with Crippen LogP contribution >= 0.6 is 12.4 Å². The highest BCUT2D eigenvalue weighted by atomic mass is 35.5. The molecule has 2 heterocycles. The van der Waals surface area contributed by atoms with Crippen molar-refractivity contribution in [2.24, 2.45) is 5.92 Å². The summed E-state index contributed by atoms with van der Waals surface area (Å²) in [5.74, 6) is -0.316. The molecule has 0 aliphatic carbocycles. The van der Waals surface area contributed by atoms with Crippen molar-refractivity contribution in [2.45, 2.75) is 25.6 Å². The highest BCUT2D eigenvalue weighted by Crippen LogP contribution is 2.30. The zero-order chi connectivity index (χ0) is 19.4. The Morgan fingerprint density at radius 3 is 2.61 bits per heavy atom. The smallest absolute Gasteiger partial charge is 0.333 e. The third kappa shape index (κ3) is 5.23. The summed E-state index contributed by atoms with van der Waals surface area (Å²) in [6.07, 6.45) is -0.490. The Kier molecular flexibility index (Phi) is 7.43. The molecule has 1 saturated heterocycles. The maximum Gasteiger partial charge on any atom is 0.416 e. The summed E-state index contributed by atoms with van der Waals surface area (Å²) < 4.78 is 38.1. The third-order valence-electron chi connectivity index (χ3n) is 4.84. The van der Waals surface area contributed by atoms with Gasteiger partial charge in [0.25, 0.3) is 0 Å². The molecule has 2 unspecified atom stereocenters. The maximum absolute atomic E-state index is 13.0. The van der Waals surface area contributed by atoms with Gasteiger partial charge in [0.15, 0.2) is 0 Å². The molecular weight excluding hydrogens is 391 g/mol. The third-order valence-corrected chi connectivity index (χ3v) is 4.84. The Morgan fingerprint density at radius 2 is 2.00 bits per heavy atom. The van der Waals surface area contributed by atoms with E-state index in [9.17, 15) is 18.0 Å². The van der Waals surface area contributed by atoms with Crippen molar-refractivity contribution in [3.05, 3.63) is 65.5 Å². The van der Waals surface area contributed by atoms with E-state index in [1.807, 2.05) is 24.0 Å². The average molecular weight is 414 g/mol. The van der Waals surface area contributed by atoms with Gasteiger partial charge in [0.05, 0.1) is 11.6 Å². The van der Waals surface area contributed by atoms with E-state index in [-0.39, 0.29) is 30.3 Å². The van der Waals surface area contributed by atoms with Gasteiger partial charge in [0, 0.05) is 37.9 Å². The molecule has 1 aromatic heterocycles. The standard InChI is InChI=1S/C20H22F3N3O.ClH/c1-14(11-15-4-6-17(7-5-15)20(21,22)23)19(27)26-10-9-25-13-18(26)16-3-2-8-24-12-16;/h2-8,12,14,18,25H,9-11,13H2,1H3;1H. The lowest BCUT2D eigenvalue weighted by Gasteiger charge is -2.38. The normalized spacial score (nSPS) is 18.3. The lowest BCUT2D eigenvalue weighted by atomic mass is 9.96. The van der Waals surface area contributed by atoms with E-state index in [2.05, 4.69) is 10.3 Å². The van der Waals surface area contributed by atoms with E-state index < -0.39 is 11.7 Å². The number of piperazine rings is 1. The summed E-state index contributed by atoms with van der Waals surface area (Å²) >= 11 is 0. The zero-order valence-corrected chi connectivity index (χ0v) is 16.3. The summed E-state index contributed by atoms with van der Waals surface area (Å²) in [6.45, 7) is 3.79. The SMILES string of the molecule is CC(Cc1ccc(C(F)(F)F)cc1)C(=O)N1CCNCC1c1cccnc1.Cl. The van der Waals surface area contributed by atoms with Crippen molar-refractivity contribution in [1.29, 1.82) is 0 Å². The number of halogens is 4. The fourth-order valence-electron chi connectivity index (χ4n) is 3.39. The van der Waals surface area contributed by atoms with E-state index >= 15 is 0 Å². The number of nitrogens with one attached hydrogen (secondary N) is 1. The zero-order valence-electron chi connectivity index (χ0n) is 15.4. The van der Waals surface area contributed by atoms with Gasteiger partial charge < -0.3 is 10.2 Å². The number of carbonyl (C=O) groups is 1. The second-order valence-electron chi connectivity index (χ2n) is 6.84. The van der Waals surface area contributed by atoms with Crippen molar-refractivity contribution in [2.75, 3.05) is 19.6 Å². The average Bonchev–Trinajstić information content (AvgIpc) is 2.68. The molecule has 2 aromatic rings. The van der Waals surface area contributed by atoms with Gasteiger partial charge >= 0.3 is 6.18 Å². The van der Waals surface area contributed by atoms with Gasteiger partial charge in [-0.3, -0.25) is 9.78 Å². The Morgan fingerprint density at radius 1 is 1.29 bits per heavy atom. The van der Waals surface area contributed by atoms with Crippen LogP contribution in [0.2, 0.25) is 0 Å². The van der Waals surface area contributed by atoms with Crippen molar-refractivity contribution >= 4 is 18.3 Å². The molecule has 152 valence electrons. The van der Waals surface area contributed by atoms with Crippen LogP contribution in [0.3, 0.4) is 0 Å². The predicted octanol–water partition coefficient (Wildman–Crippen LogP) is 3.87. The monoisotopic (exact) mass is 413 g/mol. The number of hydrogen-bond donors (Lipinski definition) is 1. The molecule has 2 atom stereocenters. The Bertz CT molecular complexity index is 769. The molecule has 0 saturated carbocycles. The van der Waals surface area contributed by atoms with Crippen molar-refractivity contribution in [1.82, 2.24) is 15.2 Å². The van der Waals surface area contributed by atoms with E-state index in [0.29, 0.717) is 19.5 Å². The summed E-state index contributed by atoms with van der Waals surface area (Å²) in [5.41, 5.74) is 1.01. The molecule has 0 bridgehead atoms. The molecule has 1 aliphatic heterocycles. The molecule has 8 heteroatoms. The maximum atomic E-state index is 13.0. The van der Waals surface area contributed by atoms with E-state index in [4.69, 9.17) is 0 Å². The number of carbonyl (C=O) groups excluding carboxylic acids is 1. The molecular formula is C20H23ClF3N3O. The lowest BCUT2D eigenvalue weighted by molar-refractivity contribution is -0.139. The molecule has 1 N–H and O–H groups in total. The minimum atomic E-state index is -4.35. The topological polar surface area (TPSA) is 45.2 Å². The molecule has 1 aliphatic rings. The van der Waals surface area contributed by atoms with Crippen LogP contribution in [0, 0.1) is 5.92 Å². The van der Waals surface area contributed by atoms with Gasteiger partial charge in [-0.25, -0.2) is 0 Å². The van der Waals surface area contributed by atoms with Crippen LogP contribution in [0.25, 0.3) is 0 Å². The van der Waals surface area contributed by atoms with Gasteiger partial charge in [0.2, 0.25) is 5.91 Å². The quantitative estimate of drug-likeness (QED) is 0.827. The molecule has 28 heavy (non-hydrogen) atoms. The minimum absolute atomic E-state index is 0.